The Morgan fingerprint density at radius 3 is 2.84 bits per heavy atom. The van der Waals surface area contributed by atoms with Gasteiger partial charge in [0.2, 0.25) is 0 Å². The van der Waals surface area contributed by atoms with Gasteiger partial charge < -0.3 is 15.7 Å². The van der Waals surface area contributed by atoms with Gasteiger partial charge in [-0.25, -0.2) is 9.78 Å². The molecule has 3 N–H and O–H groups in total. The number of pyridine rings is 1. The monoisotopic (exact) mass is 416 g/mol. The number of carboxylic acid groups (broad SMARTS) is 1. The molecule has 31 heavy (non-hydrogen) atoms. The summed E-state index contributed by atoms with van der Waals surface area (Å²) >= 11 is 0. The molecule has 0 spiro atoms. The first-order valence-electron chi connectivity index (χ1n) is 9.95. The van der Waals surface area contributed by atoms with Gasteiger partial charge in [-0.05, 0) is 25.5 Å². The minimum Gasteiger partial charge on any atom is -0.474 e. The van der Waals surface area contributed by atoms with Crippen LogP contribution in [0.2, 0.25) is 0 Å². The van der Waals surface area contributed by atoms with E-state index in [0.717, 1.165) is 33.3 Å². The summed E-state index contributed by atoms with van der Waals surface area (Å²) in [4.78, 5) is 33.7. The van der Waals surface area contributed by atoms with Gasteiger partial charge in [-0.2, -0.15) is 9.61 Å². The first-order valence-corrected chi connectivity index (χ1v) is 9.95. The highest BCUT2D eigenvalue weighted by atomic mass is 16.4. The van der Waals surface area contributed by atoms with Crippen molar-refractivity contribution in [3.05, 3.63) is 54.0 Å². The molecule has 9 nitrogen and oxygen atoms in total. The molecule has 5 rings (SSSR count). The Bertz CT molecular complexity index is 1360. The highest BCUT2D eigenvalue weighted by molar-refractivity contribution is 6.31. The maximum atomic E-state index is 11.9. The number of likely N-dealkylation sites (tertiary alicyclic amines) is 1. The molecule has 4 heterocycles. The van der Waals surface area contributed by atoms with Crippen molar-refractivity contribution in [2.24, 2.45) is 0 Å². The van der Waals surface area contributed by atoms with E-state index in [1.807, 2.05) is 37.3 Å². The van der Waals surface area contributed by atoms with Crippen LogP contribution in [-0.4, -0.2) is 54.6 Å². The Hall–Kier alpha value is -4.01. The van der Waals surface area contributed by atoms with Crippen LogP contribution in [0.3, 0.4) is 0 Å². The van der Waals surface area contributed by atoms with Crippen LogP contribution in [0.4, 0.5) is 5.82 Å². The predicted octanol–water partition coefficient (Wildman–Crippen LogP) is 2.24. The van der Waals surface area contributed by atoms with Crippen molar-refractivity contribution in [1.82, 2.24) is 24.5 Å². The van der Waals surface area contributed by atoms with Crippen molar-refractivity contribution in [2.75, 3.05) is 18.8 Å². The highest BCUT2D eigenvalue weighted by Gasteiger charge is 2.33. The van der Waals surface area contributed by atoms with Crippen LogP contribution >= 0.6 is 0 Å². The van der Waals surface area contributed by atoms with E-state index in [-0.39, 0.29) is 5.92 Å². The Labute approximate surface area is 177 Å². The molecule has 3 aromatic heterocycles. The fraction of sp³-hybridized carbons (Fsp3) is 0.227. The summed E-state index contributed by atoms with van der Waals surface area (Å²) in [6, 6.07) is 9.91. The van der Waals surface area contributed by atoms with Crippen molar-refractivity contribution in [3.63, 3.8) is 0 Å². The summed E-state index contributed by atoms with van der Waals surface area (Å²) < 4.78 is 1.61. The second kappa shape index (κ2) is 7.05. The third kappa shape index (κ3) is 3.05. The smallest absolute Gasteiger partial charge is 0.394 e. The van der Waals surface area contributed by atoms with Crippen molar-refractivity contribution >= 4 is 34.2 Å². The molecular weight excluding hydrogens is 396 g/mol. The van der Waals surface area contributed by atoms with E-state index in [1.54, 1.807) is 16.9 Å². The molecule has 0 radical (unpaired) electrons. The second-order valence-corrected chi connectivity index (χ2v) is 7.76. The van der Waals surface area contributed by atoms with Gasteiger partial charge in [-0.15, -0.1) is 0 Å². The normalized spacial score (nSPS) is 16.3. The lowest BCUT2D eigenvalue weighted by molar-refractivity contribution is -0.155. The number of aliphatic carboxylic acids is 1. The standard InChI is InChI=1S/C22H20N6O3/c1-12-18(14-6-7-27(11-14)21(29)22(30)31)26-20-16(10-25-28(20)19(12)23)15-8-13-4-2-3-5-17(13)24-9-15/h2-5,8-10,14H,6-7,11,23H2,1H3,(H,30,31). The number of nitrogens with two attached hydrogens (primary N) is 1. The highest BCUT2D eigenvalue weighted by Crippen LogP contribution is 2.33. The van der Waals surface area contributed by atoms with Crippen molar-refractivity contribution in [3.8, 4) is 11.1 Å². The summed E-state index contributed by atoms with van der Waals surface area (Å²) in [5, 5.41) is 14.4. The van der Waals surface area contributed by atoms with Gasteiger partial charge in [0.15, 0.2) is 5.65 Å². The largest absolute Gasteiger partial charge is 0.474 e. The van der Waals surface area contributed by atoms with Crippen LogP contribution in [0, 0.1) is 6.92 Å². The van der Waals surface area contributed by atoms with Crippen LogP contribution in [0.15, 0.2) is 42.7 Å². The zero-order chi connectivity index (χ0) is 21.7. The van der Waals surface area contributed by atoms with Gasteiger partial charge in [0, 0.05) is 47.3 Å². The zero-order valence-electron chi connectivity index (χ0n) is 16.8. The third-order valence-electron chi connectivity index (χ3n) is 5.91. The van der Waals surface area contributed by atoms with Gasteiger partial charge >= 0.3 is 11.9 Å². The van der Waals surface area contributed by atoms with E-state index in [2.05, 4.69) is 10.1 Å². The molecule has 1 aromatic carbocycles. The van der Waals surface area contributed by atoms with Crippen LogP contribution < -0.4 is 5.73 Å². The maximum Gasteiger partial charge on any atom is 0.394 e. The zero-order valence-corrected chi connectivity index (χ0v) is 16.8. The lowest BCUT2D eigenvalue weighted by atomic mass is 10.00. The number of hydrogen-bond acceptors (Lipinski definition) is 6. The fourth-order valence-electron chi connectivity index (χ4n) is 4.24. The lowest BCUT2D eigenvalue weighted by Gasteiger charge is -2.16. The molecule has 1 amide bonds. The van der Waals surface area contributed by atoms with E-state index in [1.165, 1.54) is 4.90 Å². The predicted molar refractivity (Wildman–Crippen MR) is 114 cm³/mol. The summed E-state index contributed by atoms with van der Waals surface area (Å²) in [5.41, 5.74) is 11.1. The number of carboxylic acids is 1. The first kappa shape index (κ1) is 19.0. The molecule has 1 atom stereocenters. The molecule has 156 valence electrons. The number of amides is 1. The molecule has 9 heteroatoms. The number of nitrogens with zero attached hydrogens (tertiary/aromatic N) is 5. The number of para-hydroxylation sites is 1. The minimum absolute atomic E-state index is 0.0897. The van der Waals surface area contributed by atoms with Crippen molar-refractivity contribution in [2.45, 2.75) is 19.3 Å². The Balaban J connectivity index is 1.59. The summed E-state index contributed by atoms with van der Waals surface area (Å²) in [6.45, 7) is 2.55. The summed E-state index contributed by atoms with van der Waals surface area (Å²) in [5.74, 6) is -1.94. The number of hydrogen-bond donors (Lipinski definition) is 2. The molecular formula is C22H20N6O3. The second-order valence-electron chi connectivity index (χ2n) is 7.76. The van der Waals surface area contributed by atoms with E-state index in [9.17, 15) is 9.59 Å². The molecule has 1 saturated heterocycles. The molecule has 1 aliphatic heterocycles. The number of fused-ring (bicyclic) bond motifs is 2. The molecule has 1 aliphatic rings. The Kier molecular flexibility index (Phi) is 4.32. The molecule has 1 fully saturated rings. The van der Waals surface area contributed by atoms with Crippen LogP contribution in [0.25, 0.3) is 27.7 Å². The SMILES string of the molecule is Cc1c(C2CCN(C(=O)C(=O)O)C2)nc2c(-c3cnc4ccccc4c3)cnn2c1N. The van der Waals surface area contributed by atoms with Gasteiger partial charge in [0.05, 0.1) is 17.4 Å². The number of aromatic nitrogens is 4. The van der Waals surface area contributed by atoms with Gasteiger partial charge in [0.25, 0.3) is 0 Å². The summed E-state index contributed by atoms with van der Waals surface area (Å²) in [6.07, 6.45) is 4.14. The lowest BCUT2D eigenvalue weighted by Crippen LogP contribution is -2.34. The van der Waals surface area contributed by atoms with E-state index >= 15 is 0 Å². The number of benzene rings is 1. The van der Waals surface area contributed by atoms with E-state index in [0.29, 0.717) is 31.0 Å². The van der Waals surface area contributed by atoms with Crippen LogP contribution in [-0.2, 0) is 9.59 Å². The average Bonchev–Trinajstić information content (AvgIpc) is 3.42. The van der Waals surface area contributed by atoms with Crippen LogP contribution in [0.5, 0.6) is 0 Å². The van der Waals surface area contributed by atoms with E-state index < -0.39 is 11.9 Å². The maximum absolute atomic E-state index is 11.9. The molecule has 0 bridgehead atoms. The van der Waals surface area contributed by atoms with E-state index in [4.69, 9.17) is 15.8 Å². The Morgan fingerprint density at radius 1 is 1.23 bits per heavy atom. The number of anilines is 1. The van der Waals surface area contributed by atoms with Crippen molar-refractivity contribution in [1.29, 1.82) is 0 Å². The van der Waals surface area contributed by atoms with Gasteiger partial charge in [-0.3, -0.25) is 9.78 Å². The number of carbonyl (C=O) groups is 2. The Morgan fingerprint density at radius 2 is 2.03 bits per heavy atom. The fourth-order valence-corrected chi connectivity index (χ4v) is 4.24. The van der Waals surface area contributed by atoms with Crippen LogP contribution in [0.1, 0.15) is 23.6 Å². The summed E-state index contributed by atoms with van der Waals surface area (Å²) in [7, 11) is 0. The molecule has 1 unspecified atom stereocenters. The molecule has 0 saturated carbocycles. The quantitative estimate of drug-likeness (QED) is 0.480. The average molecular weight is 416 g/mol. The topological polar surface area (TPSA) is 127 Å². The third-order valence-corrected chi connectivity index (χ3v) is 5.91. The number of carbonyl (C=O) groups excluding carboxylic acids is 1. The molecule has 4 aromatic rings. The number of nitrogen functional groups attached to an aromatic ring is 1. The van der Waals surface area contributed by atoms with Gasteiger partial charge in [-0.1, -0.05) is 18.2 Å². The number of rotatable bonds is 2. The minimum atomic E-state index is -1.44. The van der Waals surface area contributed by atoms with Gasteiger partial charge in [0.1, 0.15) is 5.82 Å². The van der Waals surface area contributed by atoms with Crippen molar-refractivity contribution < 1.29 is 14.7 Å². The first-order chi connectivity index (χ1) is 14.9. The molecule has 0 aliphatic carbocycles.